The molecule has 0 bridgehead atoms. The normalized spacial score (nSPS) is 3.50. The molecule has 0 amide bonds. The van der Waals surface area contributed by atoms with Gasteiger partial charge < -0.3 is 0 Å². The van der Waals surface area contributed by atoms with Gasteiger partial charge in [0.1, 0.15) is 0 Å². The highest BCUT2D eigenvalue weighted by molar-refractivity contribution is 7.49. The van der Waals surface area contributed by atoms with E-state index in [1.165, 1.54) is 0 Å². The summed E-state index contributed by atoms with van der Waals surface area (Å²) >= 11 is 0. The molecule has 12 heavy (non-hydrogen) atoms. The zero-order valence-electron chi connectivity index (χ0n) is 5.56. The standard InChI is InChI=1S/B4.B.3F2.FH/c1-4(2)3;;3*1-2;/h;;;;;1H. The van der Waals surface area contributed by atoms with Gasteiger partial charge in [0.05, 0.1) is 0 Å². The average molecular weight is 188 g/mol. The van der Waals surface area contributed by atoms with E-state index in [1.54, 1.807) is 0 Å². The van der Waals surface area contributed by atoms with E-state index in [9.17, 15) is 0 Å². The van der Waals surface area contributed by atoms with E-state index in [0.717, 1.165) is 0 Å². The van der Waals surface area contributed by atoms with Crippen molar-refractivity contribution in [3.05, 3.63) is 0 Å². The van der Waals surface area contributed by atoms with Crippen molar-refractivity contribution in [1.29, 1.82) is 0 Å². The van der Waals surface area contributed by atoms with Crippen LogP contribution in [0.5, 0.6) is 0 Å². The van der Waals surface area contributed by atoms with Crippen LogP contribution in [0.2, 0.25) is 0 Å². The number of hydrogen-bond acceptors (Lipinski definition) is 0. The molecule has 0 aliphatic carbocycles. The lowest BCUT2D eigenvalue weighted by molar-refractivity contribution is 0.108. The van der Waals surface area contributed by atoms with Crippen LogP contribution in [0.1, 0.15) is 0 Å². The SMILES string of the molecule is F.FF.FF.FF.[B].[B]B([B])[B]. The quantitative estimate of drug-likeness (QED) is 0.389. The van der Waals surface area contributed by atoms with Gasteiger partial charge in [-0.15, -0.1) is 0 Å². The molecule has 0 N–H and O–H groups in total. The van der Waals surface area contributed by atoms with Crippen LogP contribution in [0.15, 0.2) is 0 Å². The third kappa shape index (κ3) is 28100. The van der Waals surface area contributed by atoms with Gasteiger partial charge in [0.2, 0.25) is 0 Å². The summed E-state index contributed by atoms with van der Waals surface area (Å²) in [5.41, 5.74) is 0. The summed E-state index contributed by atoms with van der Waals surface area (Å²) in [6.07, 6.45) is -0.667. The van der Waals surface area contributed by atoms with Gasteiger partial charge in [0, 0.05) is 65.5 Å². The molecule has 0 aliphatic heterocycles. The molecule has 0 aliphatic rings. The maximum absolute atomic E-state index is 8.00. The molecule has 0 rings (SSSR count). The second kappa shape index (κ2) is 130. The molecule has 65 valence electrons. The highest BCUT2D eigenvalue weighted by Crippen LogP contribution is 1.42. The van der Waals surface area contributed by atoms with Crippen LogP contribution < -0.4 is 0 Å². The Kier molecular flexibility index (Phi) is 444. The summed E-state index contributed by atoms with van der Waals surface area (Å²) in [4.78, 5) is 0. The molecule has 9 radical (unpaired) electrons. The molecule has 0 heterocycles. The molecule has 0 aromatic rings. The summed E-state index contributed by atoms with van der Waals surface area (Å²) < 4.78 is 48.0. The smallest absolute Gasteiger partial charge is 0 e. The van der Waals surface area contributed by atoms with Crippen LogP contribution in [0.3, 0.4) is 0 Å². The van der Waals surface area contributed by atoms with E-state index in [-0.39, 0.29) is 13.1 Å². The predicted octanol–water partition coefficient (Wildman–Crippen LogP) is 0.770. The Morgan fingerprint density at radius 3 is 0.667 bits per heavy atom. The Balaban J connectivity index is -0.0000000101. The molecular weight excluding hydrogens is 187 g/mol. The van der Waals surface area contributed by atoms with Crippen LogP contribution in [-0.4, -0.2) is 38.0 Å². The summed E-state index contributed by atoms with van der Waals surface area (Å²) in [6, 6.07) is 0. The van der Waals surface area contributed by atoms with Crippen molar-refractivity contribution in [3.63, 3.8) is 0 Å². The fourth-order valence-electron chi connectivity index (χ4n) is 0. The molecule has 12 heteroatoms. The van der Waals surface area contributed by atoms with Gasteiger partial charge >= 0.3 is 0 Å². The highest BCUT2D eigenvalue weighted by Gasteiger charge is 1.73. The third-order valence-corrected chi connectivity index (χ3v) is 0. The molecular formula is HB5F7. The topological polar surface area (TPSA) is 0 Å². The number of hydrogen-bond donors (Lipinski definition) is 0. The minimum atomic E-state index is -0.667. The van der Waals surface area contributed by atoms with Crippen molar-refractivity contribution in [1.82, 2.24) is 0 Å². The summed E-state index contributed by atoms with van der Waals surface area (Å²) in [7, 11) is 14.0. The van der Waals surface area contributed by atoms with Crippen LogP contribution in [0.25, 0.3) is 0 Å². The Hall–Kier alpha value is -0.165. The van der Waals surface area contributed by atoms with Crippen molar-refractivity contribution in [2.45, 2.75) is 0 Å². The van der Waals surface area contributed by atoms with Gasteiger partial charge in [-0.3, -0.25) is 4.70 Å². The van der Waals surface area contributed by atoms with Gasteiger partial charge in [-0.2, -0.15) is 0 Å². The van der Waals surface area contributed by atoms with Crippen molar-refractivity contribution >= 4 is 38.0 Å². The molecule has 0 spiro atoms. The molecule has 0 aromatic heterocycles. The van der Waals surface area contributed by atoms with E-state index >= 15 is 0 Å². The van der Waals surface area contributed by atoms with Gasteiger partial charge in [-0.1, -0.05) is 0 Å². The van der Waals surface area contributed by atoms with E-state index in [4.69, 9.17) is 27.4 Å². The van der Waals surface area contributed by atoms with E-state index in [0.29, 0.717) is 0 Å². The summed E-state index contributed by atoms with van der Waals surface area (Å²) in [6.45, 7) is 0. The predicted molar refractivity (Wildman–Crippen MR) is 37.9 cm³/mol. The van der Waals surface area contributed by atoms with Gasteiger partial charge in [-0.05, 0) is 0 Å². The first-order valence-electron chi connectivity index (χ1n) is 1.43. The summed E-state index contributed by atoms with van der Waals surface area (Å²) in [5, 5.41) is 0. The molecule has 0 saturated carbocycles. The highest BCUT2D eigenvalue weighted by atomic mass is 20.0. The van der Waals surface area contributed by atoms with Gasteiger partial charge in [0.15, 0.2) is 0 Å². The Morgan fingerprint density at radius 2 is 0.667 bits per heavy atom. The molecule has 0 unspecified atom stereocenters. The van der Waals surface area contributed by atoms with E-state index < -0.39 is 6.39 Å². The Morgan fingerprint density at radius 1 is 0.667 bits per heavy atom. The van der Waals surface area contributed by atoms with Gasteiger partial charge in [0.25, 0.3) is 0 Å². The fourth-order valence-corrected chi connectivity index (χ4v) is 0. The van der Waals surface area contributed by atoms with Crippen LogP contribution in [0.4, 0.5) is 32.1 Å². The summed E-state index contributed by atoms with van der Waals surface area (Å²) in [5.74, 6) is 0. The lowest BCUT2D eigenvalue weighted by atomic mass is 9.08. The molecule has 0 nitrogen and oxygen atoms in total. The van der Waals surface area contributed by atoms with Crippen molar-refractivity contribution in [2.24, 2.45) is 0 Å². The molecule has 0 atom stereocenters. The Labute approximate surface area is 71.2 Å². The first-order chi connectivity index (χ1) is 4.73. The monoisotopic (exact) mass is 189 g/mol. The first kappa shape index (κ1) is 40.8. The Bertz CT molecular complexity index is 16.5. The second-order valence-electron chi connectivity index (χ2n) is 0.577. The lowest BCUT2D eigenvalue weighted by Gasteiger charge is -1.73. The molecule has 0 aromatic carbocycles. The fraction of sp³-hybridized carbons (Fsp3) is 0. The van der Waals surface area contributed by atoms with Gasteiger partial charge in [-0.25, -0.2) is 0 Å². The largest absolute Gasteiger partial charge is 0.269 e. The molecule has 0 fully saturated rings. The average Bonchev–Trinajstić information content (AvgIpc) is 1.98. The molecule has 0 saturated heterocycles. The zero-order chi connectivity index (χ0) is 9.58. The minimum absolute atomic E-state index is 0. The zero-order valence-corrected chi connectivity index (χ0v) is 5.56. The first-order valence-corrected chi connectivity index (χ1v) is 1.43. The van der Waals surface area contributed by atoms with Crippen LogP contribution in [-0.2, 0) is 0 Å². The third-order valence-electron chi connectivity index (χ3n) is 0. The van der Waals surface area contributed by atoms with Crippen molar-refractivity contribution in [2.75, 3.05) is 0 Å². The number of rotatable bonds is 0. The van der Waals surface area contributed by atoms with E-state index in [2.05, 4.69) is 23.2 Å². The maximum Gasteiger partial charge on any atom is 0 e. The van der Waals surface area contributed by atoms with E-state index in [1.807, 2.05) is 0 Å². The second-order valence-corrected chi connectivity index (χ2v) is 0.577. The minimum Gasteiger partial charge on any atom is -0.269 e. The van der Waals surface area contributed by atoms with Crippen LogP contribution >= 0.6 is 0 Å². The number of halogens is 7. The van der Waals surface area contributed by atoms with Crippen LogP contribution in [0, 0.1) is 0 Å². The lowest BCUT2D eigenvalue weighted by Crippen LogP contribution is -2.11. The van der Waals surface area contributed by atoms with Crippen molar-refractivity contribution < 1.29 is 32.1 Å². The van der Waals surface area contributed by atoms with Crippen molar-refractivity contribution in [3.8, 4) is 0 Å². The maximum atomic E-state index is 8.00.